The van der Waals surface area contributed by atoms with Crippen molar-refractivity contribution < 1.29 is 46.5 Å². The number of hydrogen-bond acceptors (Lipinski definition) is 0. The van der Waals surface area contributed by atoms with Crippen LogP contribution in [0.1, 0.15) is 65.0 Å². The average molecular weight is 402 g/mol. The van der Waals surface area contributed by atoms with Crippen LogP contribution in [-0.4, -0.2) is 6.54 Å². The summed E-state index contributed by atoms with van der Waals surface area (Å²) in [7, 11) is 0. The van der Waals surface area contributed by atoms with Gasteiger partial charge in [0, 0.05) is 0 Å². The quantitative estimate of drug-likeness (QED) is 0.521. The van der Waals surface area contributed by atoms with Crippen molar-refractivity contribution in [1.29, 1.82) is 0 Å². The van der Waals surface area contributed by atoms with E-state index in [1.165, 1.54) is 33.4 Å². The van der Waals surface area contributed by atoms with Crippen LogP contribution in [0.15, 0.2) is 41.0 Å². The van der Waals surface area contributed by atoms with E-state index < -0.39 is 0 Å². The third-order valence-electron chi connectivity index (χ3n) is 4.22. The summed E-state index contributed by atoms with van der Waals surface area (Å²) in [5.41, 5.74) is 15.3. The van der Waals surface area contributed by atoms with Gasteiger partial charge in [-0.25, -0.2) is 0 Å². The molecule has 24 heavy (non-hydrogen) atoms. The fourth-order valence-electron chi connectivity index (χ4n) is 2.57. The van der Waals surface area contributed by atoms with Gasteiger partial charge in [-0.2, -0.15) is 24.6 Å². The molecule has 2 rings (SSSR count). The van der Waals surface area contributed by atoms with E-state index in [4.69, 9.17) is 5.73 Å². The van der Waals surface area contributed by atoms with Crippen molar-refractivity contribution in [3.63, 3.8) is 0 Å². The van der Waals surface area contributed by atoms with E-state index in [9.17, 15) is 0 Å². The molecule has 0 fully saturated rings. The Hall–Kier alpha value is -0.176. The summed E-state index contributed by atoms with van der Waals surface area (Å²) in [5.74, 6) is 0. The monoisotopic (exact) mass is 401 g/mol. The molecule has 1 aromatic carbocycles. The maximum Gasteiger partial charge on any atom is 2.00 e. The molecule has 4 heteroatoms. The van der Waals surface area contributed by atoms with Gasteiger partial charge in [0.2, 0.25) is 0 Å². The van der Waals surface area contributed by atoms with Gasteiger partial charge in [-0.15, -0.1) is 17.7 Å². The number of benzene rings is 1. The second kappa shape index (κ2) is 15.1. The molecule has 0 aromatic heterocycles. The first-order valence-electron chi connectivity index (χ1n) is 7.96. The Bertz CT molecular complexity index is 534. The summed E-state index contributed by atoms with van der Waals surface area (Å²) in [6.07, 6.45) is 5.52. The van der Waals surface area contributed by atoms with Crippen LogP contribution >= 0.6 is 0 Å². The minimum absolute atomic E-state index is 0. The smallest absolute Gasteiger partial charge is 1.00 e. The molecule has 0 saturated carbocycles. The molecule has 0 spiro atoms. The molecule has 1 N–H and O–H groups in total. The third kappa shape index (κ3) is 7.80. The maximum atomic E-state index is 6.60. The number of rotatable bonds is 4. The van der Waals surface area contributed by atoms with Gasteiger partial charge in [0.15, 0.2) is 0 Å². The van der Waals surface area contributed by atoms with Crippen molar-refractivity contribution in [3.05, 3.63) is 64.3 Å². The predicted octanol–water partition coefficient (Wildman–Crippen LogP) is 0.617. The fraction of sp³-hybridized carbons (Fsp3) is 0.450. The van der Waals surface area contributed by atoms with Crippen LogP contribution in [0.3, 0.4) is 0 Å². The molecule has 0 radical (unpaired) electrons. The molecule has 0 unspecified atom stereocenters. The molecule has 0 saturated heterocycles. The van der Waals surface area contributed by atoms with Gasteiger partial charge in [-0.05, 0) is 32.8 Å². The van der Waals surface area contributed by atoms with Crippen LogP contribution in [-0.2, 0) is 21.7 Å². The normalized spacial score (nSPS) is 12.4. The maximum absolute atomic E-state index is 6.60. The summed E-state index contributed by atoms with van der Waals surface area (Å²) in [5, 5.41) is 0. The fourth-order valence-corrected chi connectivity index (χ4v) is 2.57. The van der Waals surface area contributed by atoms with Gasteiger partial charge in [0.25, 0.3) is 0 Å². The van der Waals surface area contributed by atoms with Gasteiger partial charge in [0.1, 0.15) is 0 Å². The number of unbranched alkanes of at least 4 members (excludes halogenated alkanes) is 1. The minimum Gasteiger partial charge on any atom is -1.00 e. The Balaban J connectivity index is -0.000000490. The van der Waals surface area contributed by atoms with Crippen molar-refractivity contribution in [2.45, 2.75) is 53.9 Å². The Kier molecular flexibility index (Phi) is 18.0. The zero-order chi connectivity index (χ0) is 15.8. The van der Waals surface area contributed by atoms with Gasteiger partial charge < -0.3 is 30.5 Å². The minimum atomic E-state index is 0. The van der Waals surface area contributed by atoms with Gasteiger partial charge in [-0.1, -0.05) is 49.5 Å². The molecule has 0 atom stereocenters. The van der Waals surface area contributed by atoms with Crippen LogP contribution in [0.25, 0.3) is 11.3 Å². The summed E-state index contributed by atoms with van der Waals surface area (Å²) in [4.78, 5) is 0. The zero-order valence-corrected chi connectivity index (χ0v) is 18.5. The molecule has 1 aliphatic carbocycles. The van der Waals surface area contributed by atoms with E-state index in [0.717, 1.165) is 19.3 Å². The molecule has 134 valence electrons. The summed E-state index contributed by atoms with van der Waals surface area (Å²) in [6, 6.07) is 8.67. The number of nitrogens with one attached hydrogen (secondary N) is 1. The Morgan fingerprint density at radius 3 is 2.00 bits per heavy atom. The zero-order valence-electron chi connectivity index (χ0n) is 15.5. The largest absolute Gasteiger partial charge is 2.00 e. The molecule has 1 aliphatic rings. The van der Waals surface area contributed by atoms with E-state index in [0.29, 0.717) is 6.54 Å². The third-order valence-corrected chi connectivity index (χ3v) is 4.22. The molecule has 0 aliphatic heterocycles. The van der Waals surface area contributed by atoms with E-state index in [1.54, 1.807) is 0 Å². The molecule has 0 bridgehead atoms. The summed E-state index contributed by atoms with van der Waals surface area (Å²) >= 11 is 0. The molecule has 0 heterocycles. The van der Waals surface area contributed by atoms with E-state index in [-0.39, 0.29) is 46.5 Å². The first kappa shape index (κ1) is 28.6. The number of allylic oxidation sites excluding steroid dienone is 4. The van der Waals surface area contributed by atoms with Crippen molar-refractivity contribution >= 4 is 5.57 Å². The van der Waals surface area contributed by atoms with E-state index >= 15 is 0 Å². The van der Waals surface area contributed by atoms with E-state index in [2.05, 4.69) is 65.3 Å². The van der Waals surface area contributed by atoms with Crippen LogP contribution in [0.5, 0.6) is 0 Å². The first-order valence-corrected chi connectivity index (χ1v) is 7.96. The molecule has 1 nitrogen and oxygen atoms in total. The van der Waals surface area contributed by atoms with Crippen molar-refractivity contribution in [2.24, 2.45) is 0 Å². The van der Waals surface area contributed by atoms with Crippen LogP contribution in [0.4, 0.5) is 0 Å². The molecular formula is C20H29Cl2NTi-2. The van der Waals surface area contributed by atoms with Crippen molar-refractivity contribution in [3.8, 4) is 0 Å². The summed E-state index contributed by atoms with van der Waals surface area (Å²) < 4.78 is 0. The van der Waals surface area contributed by atoms with Crippen molar-refractivity contribution in [2.75, 3.05) is 6.54 Å². The van der Waals surface area contributed by atoms with Crippen LogP contribution in [0.2, 0.25) is 0 Å². The Morgan fingerprint density at radius 1 is 1.04 bits per heavy atom. The van der Waals surface area contributed by atoms with Crippen molar-refractivity contribution in [1.82, 2.24) is 0 Å². The van der Waals surface area contributed by atoms with Crippen LogP contribution in [0, 0.1) is 6.42 Å². The molecule has 1 aromatic rings. The van der Waals surface area contributed by atoms with Crippen LogP contribution < -0.4 is 24.8 Å². The van der Waals surface area contributed by atoms with Gasteiger partial charge >= 0.3 is 21.7 Å². The Labute approximate surface area is 176 Å². The predicted molar refractivity (Wildman–Crippen MR) is 95.2 cm³/mol. The molecular weight excluding hydrogens is 373 g/mol. The Morgan fingerprint density at radius 2 is 1.62 bits per heavy atom. The van der Waals surface area contributed by atoms with Gasteiger partial charge in [-0.3, -0.25) is 0 Å². The van der Waals surface area contributed by atoms with Gasteiger partial charge in [0.05, 0.1) is 0 Å². The first-order chi connectivity index (χ1) is 10.1. The second-order valence-corrected chi connectivity index (χ2v) is 5.67. The second-order valence-electron chi connectivity index (χ2n) is 5.67. The standard InChI is InChI=1S/C16H19.C4H10N.2ClH.Ti/c1-5-14-8-6-7-9-15(14)16-10-11(2)12(3)13(16)4;1-2-3-4-5;;;/h5-9H,10H2,1-4H3;5H,2-4H2,1H3;2*1H;/q2*-1;;;+2/p-2. The average Bonchev–Trinajstić information content (AvgIpc) is 2.76. The topological polar surface area (TPSA) is 23.8 Å². The SMILES string of the molecule is CCCC[NH-].C[CH-]c1ccccc1C1=C(C)C(C)=C(C)C1.[Cl-].[Cl-].[Ti+2]. The number of hydrogen-bond donors (Lipinski definition) is 0. The molecule has 0 amide bonds. The van der Waals surface area contributed by atoms with E-state index in [1.807, 2.05) is 0 Å². The summed E-state index contributed by atoms with van der Waals surface area (Å²) in [6.45, 7) is 11.5. The number of halogens is 2.